The van der Waals surface area contributed by atoms with Crippen molar-refractivity contribution in [2.75, 3.05) is 0 Å². The van der Waals surface area contributed by atoms with Crippen LogP contribution in [0.4, 0.5) is 26.3 Å². The Balaban J connectivity index is 0.00000302. The first kappa shape index (κ1) is 42.0. The molecule has 0 saturated heterocycles. The number of aryl methyl sites for hydroxylation is 2. The molecule has 52 heavy (non-hydrogen) atoms. The van der Waals surface area contributed by atoms with Crippen LogP contribution in [0.1, 0.15) is 95.1 Å². The van der Waals surface area contributed by atoms with E-state index in [-0.39, 0.29) is 39.8 Å². The van der Waals surface area contributed by atoms with Gasteiger partial charge in [-0.15, -0.1) is 0 Å². The summed E-state index contributed by atoms with van der Waals surface area (Å²) in [5.41, 5.74) is 7.82. The summed E-state index contributed by atoms with van der Waals surface area (Å²) < 4.78 is 85.4. The van der Waals surface area contributed by atoms with Crippen LogP contribution in [0.2, 0.25) is 0 Å². The van der Waals surface area contributed by atoms with Gasteiger partial charge in [0.2, 0.25) is 0 Å². The average Bonchev–Trinajstić information content (AvgIpc) is 3.61. The molecule has 0 heterocycles. The van der Waals surface area contributed by atoms with Gasteiger partial charge in [0.15, 0.2) is 0 Å². The van der Waals surface area contributed by atoms with Crippen LogP contribution in [0.15, 0.2) is 106 Å². The fraction of sp³-hybridized carbons (Fsp3) is 0.326. The summed E-state index contributed by atoms with van der Waals surface area (Å²) in [5, 5.41) is 0. The molecule has 1 atom stereocenters. The van der Waals surface area contributed by atoms with Gasteiger partial charge >= 0.3 is 301 Å². The van der Waals surface area contributed by atoms with Crippen molar-refractivity contribution >= 4 is 3.21 Å². The second kappa shape index (κ2) is 15.9. The number of rotatable bonds is 7. The van der Waals surface area contributed by atoms with Gasteiger partial charge in [-0.2, -0.15) is 0 Å². The number of unbranched alkanes of at least 4 members (excludes halogenated alkanes) is 1. The third-order valence-corrected chi connectivity index (χ3v) is 18.5. The molecule has 0 radical (unpaired) electrons. The molecule has 1 unspecified atom stereocenters. The average molecular weight is 835 g/mol. The second-order valence-electron chi connectivity index (χ2n) is 14.8. The molecular weight excluding hydrogens is 793 g/mol. The maximum Gasteiger partial charge on any atom is -1.00 e. The minimum Gasteiger partial charge on any atom is -1.00 e. The molecule has 6 rings (SSSR count). The predicted octanol–water partition coefficient (Wildman–Crippen LogP) is 6.98. The normalized spacial score (nSPS) is 15.4. The molecule has 0 bridgehead atoms. The van der Waals surface area contributed by atoms with Crippen LogP contribution in [0, 0.1) is 25.2 Å². The zero-order valence-corrected chi connectivity index (χ0v) is 34.0. The van der Waals surface area contributed by atoms with Crippen molar-refractivity contribution in [2.45, 2.75) is 76.8 Å². The molecule has 4 aromatic carbocycles. The van der Waals surface area contributed by atoms with Crippen LogP contribution in [0.5, 0.6) is 0 Å². The van der Waals surface area contributed by atoms with Crippen molar-refractivity contribution in [3.63, 3.8) is 0 Å². The molecule has 9 heteroatoms. The van der Waals surface area contributed by atoms with E-state index in [2.05, 4.69) is 90.1 Å². The Labute approximate surface area is 323 Å². The Hall–Kier alpha value is -2.73. The molecule has 0 aliphatic heterocycles. The Bertz CT molecular complexity index is 1900. The molecular formula is C43H42Cl2F6Zr. The van der Waals surface area contributed by atoms with Gasteiger partial charge in [0.1, 0.15) is 0 Å². The number of hydrogen-bond donors (Lipinski definition) is 0. The third-order valence-electron chi connectivity index (χ3n) is 10.0. The van der Waals surface area contributed by atoms with Gasteiger partial charge < -0.3 is 24.8 Å². The van der Waals surface area contributed by atoms with Gasteiger partial charge in [-0.1, -0.05) is 0 Å². The first-order valence-corrected chi connectivity index (χ1v) is 21.1. The van der Waals surface area contributed by atoms with Gasteiger partial charge in [-0.25, -0.2) is 0 Å². The van der Waals surface area contributed by atoms with E-state index < -0.39 is 44.7 Å². The van der Waals surface area contributed by atoms with E-state index in [1.165, 1.54) is 44.2 Å². The summed E-state index contributed by atoms with van der Waals surface area (Å²) in [4.78, 5) is 0. The van der Waals surface area contributed by atoms with Crippen LogP contribution >= 0.6 is 0 Å². The van der Waals surface area contributed by atoms with E-state index in [1.54, 1.807) is 0 Å². The molecule has 4 aromatic rings. The number of hydrogen-bond acceptors (Lipinski definition) is 0. The second-order valence-corrected chi connectivity index (χ2v) is 20.9. The minimum atomic E-state index is -4.52. The van der Waals surface area contributed by atoms with Crippen molar-refractivity contribution in [3.8, 4) is 11.1 Å². The van der Waals surface area contributed by atoms with Crippen molar-refractivity contribution in [2.24, 2.45) is 11.3 Å². The quantitative estimate of drug-likeness (QED) is 0.177. The SMILES string of the molecule is CCCCC1C=C(C(C)(C)C)C=[C]1[Zr+2](=[C](c1ccc(C(F)(F)F)cc1)c1ccc(C(F)(F)F)cc1)[CH]1c2cc(C)ccc2-c2ccc(C)cc21.[Cl-].[Cl-]. The third kappa shape index (κ3) is 8.48. The zero-order chi connectivity index (χ0) is 36.2. The number of allylic oxidation sites excluding steroid dienone is 4. The molecule has 0 spiro atoms. The van der Waals surface area contributed by atoms with Crippen LogP contribution in [0.3, 0.4) is 0 Å². The molecule has 274 valence electrons. The number of halogens is 8. The summed E-state index contributed by atoms with van der Waals surface area (Å²) in [6, 6.07) is 23.7. The van der Waals surface area contributed by atoms with Crippen molar-refractivity contribution in [3.05, 3.63) is 150 Å². The van der Waals surface area contributed by atoms with Crippen molar-refractivity contribution in [1.29, 1.82) is 0 Å². The van der Waals surface area contributed by atoms with E-state index in [9.17, 15) is 26.3 Å². The van der Waals surface area contributed by atoms with E-state index in [1.807, 2.05) is 0 Å². The molecule has 0 aromatic heterocycles. The number of benzene rings is 4. The van der Waals surface area contributed by atoms with Gasteiger partial charge in [0.25, 0.3) is 0 Å². The van der Waals surface area contributed by atoms with E-state index in [0.717, 1.165) is 69.0 Å². The molecule has 2 aliphatic rings. The summed E-state index contributed by atoms with van der Waals surface area (Å²) in [6.45, 7) is 12.9. The molecule has 0 N–H and O–H groups in total. The summed E-state index contributed by atoms with van der Waals surface area (Å²) in [7, 11) is 0. The zero-order valence-electron chi connectivity index (χ0n) is 30.0. The topological polar surface area (TPSA) is 0 Å². The maximum atomic E-state index is 13.9. The number of fused-ring (bicyclic) bond motifs is 3. The standard InChI is InChI=1S/C15H8F6.C15H13.C13H21.2ClH.Zr/c16-14(17,18)12-5-1-10(2-6-12)9-11-3-7-13(8-4-11)15(19,20)21;1-10-3-5-14-12(7-10)9-13-8-11(2)4-6-15(13)14;1-5-6-7-11-8-9-12(10-11)13(2,3)4;;;/h1-8H;3-9H,1-2H3;9-11H,5-7H2,1-4H3;2*1H;/q;;;;;+2/p-2. The largest absolute Gasteiger partial charge is 1.00 e. The first-order chi connectivity index (χ1) is 23.5. The molecule has 2 aliphatic carbocycles. The van der Waals surface area contributed by atoms with E-state index >= 15 is 0 Å². The minimum absolute atomic E-state index is 0. The fourth-order valence-corrected chi connectivity index (χ4v) is 17.0. The van der Waals surface area contributed by atoms with Crippen molar-refractivity contribution < 1.29 is 72.4 Å². The van der Waals surface area contributed by atoms with E-state index in [4.69, 9.17) is 0 Å². The Morgan fingerprint density at radius 3 is 1.48 bits per heavy atom. The summed E-state index contributed by atoms with van der Waals surface area (Å²) in [6.07, 6.45) is -1.30. The summed E-state index contributed by atoms with van der Waals surface area (Å²) >= 11 is -3.50. The predicted molar refractivity (Wildman–Crippen MR) is 188 cm³/mol. The Kier molecular flexibility index (Phi) is 12.9. The van der Waals surface area contributed by atoms with Crippen LogP contribution in [0.25, 0.3) is 11.1 Å². The Morgan fingerprint density at radius 1 is 0.654 bits per heavy atom. The molecule has 0 fully saturated rings. The molecule has 0 amide bonds. The van der Waals surface area contributed by atoms with Crippen LogP contribution < -0.4 is 24.8 Å². The first-order valence-electron chi connectivity index (χ1n) is 17.2. The maximum absolute atomic E-state index is 13.9. The molecule has 0 nitrogen and oxygen atoms in total. The van der Waals surface area contributed by atoms with Gasteiger partial charge in [-0.05, 0) is 0 Å². The van der Waals surface area contributed by atoms with Crippen LogP contribution in [-0.2, 0) is 33.6 Å². The van der Waals surface area contributed by atoms with Crippen molar-refractivity contribution in [1.82, 2.24) is 0 Å². The smallest absolute Gasteiger partial charge is 1.00 e. The summed E-state index contributed by atoms with van der Waals surface area (Å²) in [5.74, 6) is 0.139. The van der Waals surface area contributed by atoms with Gasteiger partial charge in [0, 0.05) is 0 Å². The van der Waals surface area contributed by atoms with Gasteiger partial charge in [-0.3, -0.25) is 0 Å². The Morgan fingerprint density at radius 2 is 1.10 bits per heavy atom. The van der Waals surface area contributed by atoms with E-state index in [0.29, 0.717) is 11.1 Å². The fourth-order valence-electron chi connectivity index (χ4n) is 7.43. The van der Waals surface area contributed by atoms with Gasteiger partial charge in [0.05, 0.1) is 0 Å². The monoisotopic (exact) mass is 832 g/mol. The number of alkyl halides is 6. The molecule has 0 saturated carbocycles. The van der Waals surface area contributed by atoms with Crippen LogP contribution in [-0.4, -0.2) is 3.21 Å².